The predicted octanol–water partition coefficient (Wildman–Crippen LogP) is 15.5. The van der Waals surface area contributed by atoms with Gasteiger partial charge in [0, 0.05) is 9.52 Å². The third kappa shape index (κ3) is 10.9. The van der Waals surface area contributed by atoms with Crippen molar-refractivity contribution in [3.05, 3.63) is 131 Å². The van der Waals surface area contributed by atoms with Crippen molar-refractivity contribution in [2.75, 3.05) is 0 Å². The first-order valence-electron chi connectivity index (χ1n) is 17.7. The standard InChI is InChI=1S/2C22H25.C2H6Si.2ClH.Zr/c2*1-15(2)18-10-6-7-11-19(18)20-12-8-9-16-13-17(14-21(16)20)22(3,4)5;1-3-2;;;/h2*6-15H,1-5H3;1-2H3;2*1H;/q2*-1;;;;+4/p-2. The summed E-state index contributed by atoms with van der Waals surface area (Å²) in [5.41, 5.74) is 11.5. The molecule has 0 aromatic heterocycles. The number of hydrogen-bond donors (Lipinski definition) is 0. The SMILES string of the molecule is CC(C)c1ccccc1-c1cccc2[cH-]c(C(C)(C)C)cc12.CC(C)c1ccccc1-c1cccc2[cH-]c(C(C)(C)C)cc12.C[Si]C.[Cl][Zr+2][Cl]. The number of halogens is 2. The monoisotopic (exact) mass is 796 g/mol. The summed E-state index contributed by atoms with van der Waals surface area (Å²) in [6.07, 6.45) is 0. The fourth-order valence-electron chi connectivity index (χ4n) is 6.30. The van der Waals surface area contributed by atoms with E-state index in [0.717, 1.165) is 9.52 Å². The van der Waals surface area contributed by atoms with Crippen LogP contribution in [0, 0.1) is 0 Å². The van der Waals surface area contributed by atoms with Crippen LogP contribution in [-0.4, -0.2) is 9.52 Å². The molecule has 0 heterocycles. The first-order valence-corrected chi connectivity index (χ1v) is 26.0. The minimum atomic E-state index is -0.826. The first-order chi connectivity index (χ1) is 23.6. The summed E-state index contributed by atoms with van der Waals surface area (Å²) in [6, 6.07) is 40.4. The zero-order valence-corrected chi connectivity index (χ0v) is 37.3. The number of fused-ring (bicyclic) bond motifs is 2. The Balaban J connectivity index is 0.000000234. The molecule has 2 radical (unpaired) electrons. The van der Waals surface area contributed by atoms with Gasteiger partial charge >= 0.3 is 37.9 Å². The van der Waals surface area contributed by atoms with Gasteiger partial charge in [-0.2, -0.15) is 12.1 Å². The van der Waals surface area contributed by atoms with E-state index >= 15 is 0 Å². The Labute approximate surface area is 325 Å². The molecule has 6 rings (SSSR count). The maximum atomic E-state index is 4.93. The molecule has 0 N–H and O–H groups in total. The van der Waals surface area contributed by atoms with E-state index in [1.54, 1.807) is 0 Å². The molecule has 0 aliphatic carbocycles. The van der Waals surface area contributed by atoms with E-state index in [1.807, 2.05) is 0 Å². The van der Waals surface area contributed by atoms with Gasteiger partial charge in [-0.1, -0.05) is 154 Å². The molecular weight excluding hydrogens is 743 g/mol. The Morgan fingerprint density at radius 1 is 0.520 bits per heavy atom. The van der Waals surface area contributed by atoms with Gasteiger partial charge in [-0.3, -0.25) is 0 Å². The molecule has 0 aliphatic rings. The molecule has 0 nitrogen and oxygen atoms in total. The zero-order valence-electron chi connectivity index (χ0n) is 32.3. The van der Waals surface area contributed by atoms with Gasteiger partial charge in [0.15, 0.2) is 0 Å². The van der Waals surface area contributed by atoms with Crippen LogP contribution in [0.2, 0.25) is 13.1 Å². The fourth-order valence-corrected chi connectivity index (χ4v) is 6.30. The van der Waals surface area contributed by atoms with Crippen molar-refractivity contribution in [1.82, 2.24) is 0 Å². The first kappa shape index (κ1) is 42.2. The molecule has 6 aromatic carbocycles. The van der Waals surface area contributed by atoms with E-state index in [-0.39, 0.29) is 10.8 Å². The van der Waals surface area contributed by atoms with E-state index in [0.29, 0.717) is 11.8 Å². The van der Waals surface area contributed by atoms with Crippen LogP contribution in [-0.2, 0) is 31.7 Å². The summed E-state index contributed by atoms with van der Waals surface area (Å²) in [4.78, 5) is 0. The molecule has 0 aliphatic heterocycles. The molecule has 0 saturated carbocycles. The van der Waals surface area contributed by atoms with Crippen molar-refractivity contribution in [2.24, 2.45) is 0 Å². The summed E-state index contributed by atoms with van der Waals surface area (Å²) in [6.45, 7) is 27.1. The van der Waals surface area contributed by atoms with E-state index in [1.165, 1.54) is 66.1 Å². The maximum absolute atomic E-state index is 4.93. The van der Waals surface area contributed by atoms with E-state index in [2.05, 4.69) is 192 Å². The minimum absolute atomic E-state index is 0.188. The summed E-state index contributed by atoms with van der Waals surface area (Å²) in [5.74, 6) is 1.06. The van der Waals surface area contributed by atoms with E-state index < -0.39 is 20.8 Å². The van der Waals surface area contributed by atoms with Gasteiger partial charge in [-0.15, -0.1) is 69.1 Å². The second kappa shape index (κ2) is 19.0. The van der Waals surface area contributed by atoms with Gasteiger partial charge in [0.2, 0.25) is 0 Å². The quantitative estimate of drug-likeness (QED) is 0.123. The van der Waals surface area contributed by atoms with Crippen molar-refractivity contribution in [3.63, 3.8) is 0 Å². The molecule has 4 heteroatoms. The number of hydrogen-bond acceptors (Lipinski definition) is 0. The van der Waals surface area contributed by atoms with Crippen LogP contribution in [0.4, 0.5) is 0 Å². The number of rotatable bonds is 4. The van der Waals surface area contributed by atoms with Gasteiger partial charge in [0.1, 0.15) is 0 Å². The average Bonchev–Trinajstić information content (AvgIpc) is 3.71. The Morgan fingerprint density at radius 2 is 0.820 bits per heavy atom. The van der Waals surface area contributed by atoms with E-state index in [9.17, 15) is 0 Å². The van der Waals surface area contributed by atoms with Crippen LogP contribution in [0.3, 0.4) is 0 Å². The van der Waals surface area contributed by atoms with Gasteiger partial charge < -0.3 is 0 Å². The van der Waals surface area contributed by atoms with Crippen LogP contribution >= 0.6 is 17.0 Å². The van der Waals surface area contributed by atoms with Crippen LogP contribution in [0.5, 0.6) is 0 Å². The van der Waals surface area contributed by atoms with Crippen LogP contribution < -0.4 is 0 Å². The van der Waals surface area contributed by atoms with Gasteiger partial charge in [-0.25, -0.2) is 0 Å². The third-order valence-corrected chi connectivity index (χ3v) is 8.98. The van der Waals surface area contributed by atoms with Crippen LogP contribution in [0.15, 0.2) is 109 Å². The topological polar surface area (TPSA) is 0 Å². The summed E-state index contributed by atoms with van der Waals surface area (Å²) in [5, 5.41) is 5.45. The third-order valence-electron chi connectivity index (χ3n) is 8.98. The molecule has 0 unspecified atom stereocenters. The van der Waals surface area contributed by atoms with Crippen LogP contribution in [0.25, 0.3) is 43.8 Å². The molecule has 0 bridgehead atoms. The molecule has 6 aromatic rings. The van der Waals surface area contributed by atoms with Crippen molar-refractivity contribution in [3.8, 4) is 22.3 Å². The fraction of sp³-hybridized carbons (Fsp3) is 0.348. The van der Waals surface area contributed by atoms with Crippen LogP contribution in [0.1, 0.15) is 103 Å². The summed E-state index contributed by atoms with van der Waals surface area (Å²) >= 11 is -0.826. The molecular formula is C46H56Cl2SiZr. The summed E-state index contributed by atoms with van der Waals surface area (Å²) < 4.78 is 0. The zero-order chi connectivity index (χ0) is 37.2. The van der Waals surface area contributed by atoms with Crippen molar-refractivity contribution >= 4 is 48.1 Å². The Kier molecular flexibility index (Phi) is 16.1. The Hall–Kier alpha value is -2.22. The van der Waals surface area contributed by atoms with E-state index in [4.69, 9.17) is 17.0 Å². The van der Waals surface area contributed by atoms with Crippen molar-refractivity contribution in [2.45, 2.75) is 105 Å². The second-order valence-corrected chi connectivity index (χ2v) is 20.4. The molecule has 0 fully saturated rings. The molecule has 0 atom stereocenters. The normalized spacial score (nSPS) is 11.4. The average molecular weight is 799 g/mol. The van der Waals surface area contributed by atoms with Gasteiger partial charge in [-0.05, 0) is 44.9 Å². The second-order valence-electron chi connectivity index (χ2n) is 15.7. The molecule has 50 heavy (non-hydrogen) atoms. The molecule has 0 amide bonds. The van der Waals surface area contributed by atoms with Gasteiger partial charge in [0.05, 0.1) is 0 Å². The Morgan fingerprint density at radius 3 is 1.12 bits per heavy atom. The van der Waals surface area contributed by atoms with Gasteiger partial charge in [0.25, 0.3) is 0 Å². The molecule has 0 spiro atoms. The van der Waals surface area contributed by atoms with Crippen molar-refractivity contribution in [1.29, 1.82) is 0 Å². The summed E-state index contributed by atoms with van der Waals surface area (Å²) in [7, 11) is 11.0. The Bertz CT molecular complexity index is 1790. The molecule has 0 saturated heterocycles. The van der Waals surface area contributed by atoms with Crippen molar-refractivity contribution < 1.29 is 20.8 Å². The number of benzene rings is 4. The molecule has 262 valence electrons. The predicted molar refractivity (Wildman–Crippen MR) is 225 cm³/mol.